The first-order chi connectivity index (χ1) is 17.1. The SMILES string of the molecule is C#Cc1ccccc1C#CC(c1ccc(OC)cc1)(c1ccc(OC)cc1)c1ccc(OC)cc1. The first-order valence-corrected chi connectivity index (χ1v) is 11.2. The summed E-state index contributed by atoms with van der Waals surface area (Å²) in [5, 5.41) is 0. The molecule has 0 N–H and O–H groups in total. The van der Waals surface area contributed by atoms with E-state index in [4.69, 9.17) is 20.6 Å². The third-order valence-corrected chi connectivity index (χ3v) is 6.04. The fourth-order valence-electron chi connectivity index (χ4n) is 4.12. The van der Waals surface area contributed by atoms with Crippen molar-refractivity contribution in [2.75, 3.05) is 21.3 Å². The Bertz CT molecular complexity index is 1270. The third kappa shape index (κ3) is 4.72. The lowest BCUT2D eigenvalue weighted by Crippen LogP contribution is -2.27. The molecule has 0 unspecified atom stereocenters. The lowest BCUT2D eigenvalue weighted by atomic mass is 9.69. The predicted molar refractivity (Wildman–Crippen MR) is 140 cm³/mol. The maximum Gasteiger partial charge on any atom is 0.118 e. The molecule has 172 valence electrons. The largest absolute Gasteiger partial charge is 0.497 e. The van der Waals surface area contributed by atoms with Crippen molar-refractivity contribution in [3.05, 3.63) is 125 Å². The minimum absolute atomic E-state index is 0.757. The Morgan fingerprint density at radius 3 is 1.26 bits per heavy atom. The number of rotatable bonds is 6. The molecule has 0 fully saturated rings. The van der Waals surface area contributed by atoms with Crippen molar-refractivity contribution >= 4 is 0 Å². The Labute approximate surface area is 207 Å². The molecule has 3 heteroatoms. The highest BCUT2D eigenvalue weighted by Gasteiger charge is 2.35. The first kappa shape index (κ1) is 23.6. The van der Waals surface area contributed by atoms with E-state index in [-0.39, 0.29) is 0 Å². The van der Waals surface area contributed by atoms with Crippen LogP contribution >= 0.6 is 0 Å². The third-order valence-electron chi connectivity index (χ3n) is 6.04. The van der Waals surface area contributed by atoms with Crippen LogP contribution in [0.1, 0.15) is 27.8 Å². The van der Waals surface area contributed by atoms with Crippen LogP contribution in [-0.2, 0) is 5.41 Å². The topological polar surface area (TPSA) is 27.7 Å². The summed E-state index contributed by atoms with van der Waals surface area (Å²) in [5.74, 6) is 12.1. The van der Waals surface area contributed by atoms with Gasteiger partial charge in [0.05, 0.1) is 21.3 Å². The van der Waals surface area contributed by atoms with Gasteiger partial charge in [-0.3, -0.25) is 0 Å². The molecule has 0 amide bonds. The smallest absolute Gasteiger partial charge is 0.118 e. The van der Waals surface area contributed by atoms with E-state index >= 15 is 0 Å². The van der Waals surface area contributed by atoms with Gasteiger partial charge in [0.15, 0.2) is 0 Å². The van der Waals surface area contributed by atoms with Crippen LogP contribution in [0.2, 0.25) is 0 Å². The van der Waals surface area contributed by atoms with Gasteiger partial charge < -0.3 is 14.2 Å². The molecule has 0 heterocycles. The molecule has 4 rings (SSSR count). The molecule has 0 radical (unpaired) electrons. The zero-order valence-electron chi connectivity index (χ0n) is 20.0. The van der Waals surface area contributed by atoms with E-state index in [2.05, 4.69) is 54.2 Å². The Kier molecular flexibility index (Phi) is 7.10. The summed E-state index contributed by atoms with van der Waals surface area (Å²) >= 11 is 0. The van der Waals surface area contributed by atoms with E-state index in [1.165, 1.54) is 0 Å². The summed E-state index contributed by atoms with van der Waals surface area (Å²) in [6.45, 7) is 0. The van der Waals surface area contributed by atoms with Crippen LogP contribution in [-0.4, -0.2) is 21.3 Å². The molecule has 35 heavy (non-hydrogen) atoms. The molecule has 0 aliphatic rings. The zero-order valence-corrected chi connectivity index (χ0v) is 20.0. The number of hydrogen-bond acceptors (Lipinski definition) is 3. The Morgan fingerprint density at radius 2 is 0.914 bits per heavy atom. The Morgan fingerprint density at radius 1 is 0.543 bits per heavy atom. The second-order valence-corrected chi connectivity index (χ2v) is 7.88. The predicted octanol–water partition coefficient (Wildman–Crippen LogP) is 6.08. The number of ether oxygens (including phenoxy) is 3. The summed E-state index contributed by atoms with van der Waals surface area (Å²) in [4.78, 5) is 0. The van der Waals surface area contributed by atoms with Crippen molar-refractivity contribution < 1.29 is 14.2 Å². The summed E-state index contributed by atoms with van der Waals surface area (Å²) in [6, 6.07) is 31.7. The lowest BCUT2D eigenvalue weighted by Gasteiger charge is -2.31. The minimum Gasteiger partial charge on any atom is -0.497 e. The van der Waals surface area contributed by atoms with E-state index in [9.17, 15) is 0 Å². The number of benzene rings is 4. The van der Waals surface area contributed by atoms with Crippen molar-refractivity contribution in [3.8, 4) is 41.4 Å². The van der Waals surface area contributed by atoms with E-state index in [1.807, 2.05) is 60.7 Å². The maximum atomic E-state index is 5.76. The van der Waals surface area contributed by atoms with Gasteiger partial charge in [0, 0.05) is 11.1 Å². The highest BCUT2D eigenvalue weighted by Crippen LogP contribution is 2.40. The number of hydrogen-bond donors (Lipinski definition) is 0. The van der Waals surface area contributed by atoms with Gasteiger partial charge in [0.25, 0.3) is 0 Å². The average molecular weight is 459 g/mol. The molecule has 0 saturated heterocycles. The van der Waals surface area contributed by atoms with Gasteiger partial charge in [0.2, 0.25) is 0 Å². The van der Waals surface area contributed by atoms with E-state index < -0.39 is 5.41 Å². The molecule has 4 aromatic carbocycles. The molecular weight excluding hydrogens is 432 g/mol. The quantitative estimate of drug-likeness (QED) is 0.259. The number of terminal acetylenes is 1. The van der Waals surface area contributed by atoms with Gasteiger partial charge in [-0.25, -0.2) is 0 Å². The second kappa shape index (κ2) is 10.6. The molecule has 0 saturated carbocycles. The van der Waals surface area contributed by atoms with Crippen molar-refractivity contribution in [1.29, 1.82) is 0 Å². The molecule has 0 aliphatic carbocycles. The molecule has 0 aliphatic heterocycles. The molecule has 4 aromatic rings. The monoisotopic (exact) mass is 458 g/mol. The van der Waals surface area contributed by atoms with Gasteiger partial charge in [-0.2, -0.15) is 0 Å². The Balaban J connectivity index is 2.04. The van der Waals surface area contributed by atoms with Gasteiger partial charge in [0.1, 0.15) is 22.7 Å². The standard InChI is InChI=1S/C32H26O3/c1-5-24-8-6-7-9-25(24)22-23-32(26-10-16-29(33-2)17-11-26,27-12-18-30(34-3)19-13-27)28-14-20-31(35-4)21-15-28/h1,6-21H,2-4H3. The first-order valence-electron chi connectivity index (χ1n) is 11.2. The zero-order chi connectivity index (χ0) is 24.7. The highest BCUT2D eigenvalue weighted by atomic mass is 16.5. The van der Waals surface area contributed by atoms with Crippen LogP contribution in [0.3, 0.4) is 0 Å². The minimum atomic E-state index is -0.799. The summed E-state index contributed by atoms with van der Waals surface area (Å²) in [5.41, 5.74) is 3.76. The van der Waals surface area contributed by atoms with E-state index in [0.717, 1.165) is 45.1 Å². The second-order valence-electron chi connectivity index (χ2n) is 7.88. The van der Waals surface area contributed by atoms with Gasteiger partial charge in [-0.15, -0.1) is 6.42 Å². The van der Waals surface area contributed by atoms with E-state index in [1.54, 1.807) is 21.3 Å². The molecular formula is C32H26O3. The molecule has 0 aromatic heterocycles. The van der Waals surface area contributed by atoms with Crippen LogP contribution < -0.4 is 14.2 Å². The van der Waals surface area contributed by atoms with Crippen molar-refractivity contribution in [3.63, 3.8) is 0 Å². The van der Waals surface area contributed by atoms with E-state index in [0.29, 0.717) is 0 Å². The van der Waals surface area contributed by atoms with Gasteiger partial charge in [-0.05, 0) is 65.2 Å². The van der Waals surface area contributed by atoms with Crippen molar-refractivity contribution in [1.82, 2.24) is 0 Å². The fraction of sp³-hybridized carbons (Fsp3) is 0.125. The molecule has 0 atom stereocenters. The van der Waals surface area contributed by atoms with Gasteiger partial charge in [-0.1, -0.05) is 66.3 Å². The summed E-state index contributed by atoms with van der Waals surface area (Å²) < 4.78 is 16.3. The van der Waals surface area contributed by atoms with Crippen molar-refractivity contribution in [2.24, 2.45) is 0 Å². The van der Waals surface area contributed by atoms with Crippen LogP contribution in [0.15, 0.2) is 97.1 Å². The average Bonchev–Trinajstić information content (AvgIpc) is 2.94. The van der Waals surface area contributed by atoms with Crippen LogP contribution in [0.4, 0.5) is 0 Å². The van der Waals surface area contributed by atoms with Crippen molar-refractivity contribution in [2.45, 2.75) is 5.41 Å². The normalized spacial score (nSPS) is 10.5. The molecule has 3 nitrogen and oxygen atoms in total. The summed E-state index contributed by atoms with van der Waals surface area (Å²) in [7, 11) is 4.98. The Hall–Kier alpha value is -4.60. The lowest BCUT2D eigenvalue weighted by molar-refractivity contribution is 0.414. The number of methoxy groups -OCH3 is 3. The van der Waals surface area contributed by atoms with Crippen LogP contribution in [0.5, 0.6) is 17.2 Å². The fourth-order valence-corrected chi connectivity index (χ4v) is 4.12. The highest BCUT2D eigenvalue weighted by molar-refractivity contribution is 5.62. The molecule has 0 spiro atoms. The summed E-state index contributed by atoms with van der Waals surface area (Å²) in [6.07, 6.45) is 5.76. The van der Waals surface area contributed by atoms with Crippen LogP contribution in [0, 0.1) is 24.2 Å². The van der Waals surface area contributed by atoms with Gasteiger partial charge >= 0.3 is 0 Å². The maximum absolute atomic E-state index is 5.76. The van der Waals surface area contributed by atoms with Crippen LogP contribution in [0.25, 0.3) is 0 Å². The molecule has 0 bridgehead atoms.